The van der Waals surface area contributed by atoms with Gasteiger partial charge >= 0.3 is 0 Å². The Kier molecular flexibility index (Phi) is 6.11. The molecule has 0 radical (unpaired) electrons. The Morgan fingerprint density at radius 3 is 2.57 bits per heavy atom. The van der Waals surface area contributed by atoms with Crippen LogP contribution >= 0.6 is 11.8 Å². The van der Waals surface area contributed by atoms with E-state index < -0.39 is 10.0 Å². The Balaban J connectivity index is 2.51. The van der Waals surface area contributed by atoms with Gasteiger partial charge in [-0.3, -0.25) is 0 Å². The molecule has 0 fully saturated rings. The standard InChI is InChI=1S/C16H25N3O2S2/c1-5-7-10-19-15-9-8-13(23(20,21)18(3)4)12-14(15)17-16(19)22-11-6-2/h8-9,12H,5-7,10-11H2,1-4H3. The second-order valence-electron chi connectivity index (χ2n) is 5.69. The molecule has 5 nitrogen and oxygen atoms in total. The third-order valence-electron chi connectivity index (χ3n) is 3.63. The second kappa shape index (κ2) is 7.68. The van der Waals surface area contributed by atoms with Crippen molar-refractivity contribution in [2.75, 3.05) is 19.8 Å². The Morgan fingerprint density at radius 2 is 1.96 bits per heavy atom. The Hall–Kier alpha value is -1.05. The third kappa shape index (κ3) is 3.89. The summed E-state index contributed by atoms with van der Waals surface area (Å²) in [5.41, 5.74) is 1.76. The van der Waals surface area contributed by atoms with Gasteiger partial charge in [-0.2, -0.15) is 0 Å². The lowest BCUT2D eigenvalue weighted by molar-refractivity contribution is 0.521. The molecule has 0 N–H and O–H groups in total. The van der Waals surface area contributed by atoms with Crippen molar-refractivity contribution >= 4 is 32.8 Å². The van der Waals surface area contributed by atoms with E-state index in [0.29, 0.717) is 4.90 Å². The van der Waals surface area contributed by atoms with Crippen LogP contribution < -0.4 is 0 Å². The summed E-state index contributed by atoms with van der Waals surface area (Å²) >= 11 is 1.73. The molecule has 0 aliphatic carbocycles. The van der Waals surface area contributed by atoms with Crippen molar-refractivity contribution in [3.8, 4) is 0 Å². The van der Waals surface area contributed by atoms with Gasteiger partial charge in [0.2, 0.25) is 10.0 Å². The van der Waals surface area contributed by atoms with Gasteiger partial charge in [0.1, 0.15) is 0 Å². The first-order valence-electron chi connectivity index (χ1n) is 7.97. The largest absolute Gasteiger partial charge is 0.319 e. The quantitative estimate of drug-likeness (QED) is 0.679. The second-order valence-corrected chi connectivity index (χ2v) is 8.90. The number of benzene rings is 1. The van der Waals surface area contributed by atoms with Crippen molar-refractivity contribution in [2.45, 2.75) is 49.7 Å². The highest BCUT2D eigenvalue weighted by Gasteiger charge is 2.19. The fourth-order valence-corrected chi connectivity index (χ4v) is 4.11. The Labute approximate surface area is 143 Å². The first kappa shape index (κ1) is 18.3. The molecule has 0 spiro atoms. The fraction of sp³-hybridized carbons (Fsp3) is 0.562. The van der Waals surface area contributed by atoms with Crippen molar-refractivity contribution in [1.29, 1.82) is 0 Å². The van der Waals surface area contributed by atoms with E-state index >= 15 is 0 Å². The van der Waals surface area contributed by atoms with Crippen molar-refractivity contribution in [3.63, 3.8) is 0 Å². The summed E-state index contributed by atoms with van der Waals surface area (Å²) in [6.07, 6.45) is 3.29. The lowest BCUT2D eigenvalue weighted by Crippen LogP contribution is -2.22. The molecular weight excluding hydrogens is 330 g/mol. The number of imidazole rings is 1. The van der Waals surface area contributed by atoms with E-state index in [4.69, 9.17) is 0 Å². The lowest BCUT2D eigenvalue weighted by Gasteiger charge is -2.11. The number of unbranched alkanes of at least 4 members (excludes halogenated alkanes) is 1. The number of hydrogen-bond acceptors (Lipinski definition) is 4. The zero-order chi connectivity index (χ0) is 17.0. The number of fused-ring (bicyclic) bond motifs is 1. The summed E-state index contributed by atoms with van der Waals surface area (Å²) in [6, 6.07) is 5.24. The van der Waals surface area contributed by atoms with Crippen molar-refractivity contribution in [3.05, 3.63) is 18.2 Å². The number of aryl methyl sites for hydroxylation is 1. The average Bonchev–Trinajstić information content (AvgIpc) is 2.87. The van der Waals surface area contributed by atoms with Gasteiger partial charge in [0.25, 0.3) is 0 Å². The van der Waals surface area contributed by atoms with Gasteiger partial charge in [-0.05, 0) is 31.0 Å². The van der Waals surface area contributed by atoms with Gasteiger partial charge in [0, 0.05) is 26.4 Å². The summed E-state index contributed by atoms with van der Waals surface area (Å²) in [6.45, 7) is 5.23. The molecule has 2 aromatic rings. The highest BCUT2D eigenvalue weighted by atomic mass is 32.2. The SMILES string of the molecule is CCCCn1c(SCCC)nc2cc(S(=O)(=O)N(C)C)ccc21. The molecule has 0 atom stereocenters. The summed E-state index contributed by atoms with van der Waals surface area (Å²) in [7, 11) is -0.341. The van der Waals surface area contributed by atoms with E-state index in [9.17, 15) is 8.42 Å². The molecule has 0 saturated carbocycles. The molecule has 0 unspecified atom stereocenters. The Morgan fingerprint density at radius 1 is 1.22 bits per heavy atom. The maximum Gasteiger partial charge on any atom is 0.242 e. The molecule has 128 valence electrons. The smallest absolute Gasteiger partial charge is 0.242 e. The molecule has 1 heterocycles. The Bertz CT molecular complexity index is 767. The minimum absolute atomic E-state index is 0.294. The summed E-state index contributed by atoms with van der Waals surface area (Å²) in [5.74, 6) is 1.01. The van der Waals surface area contributed by atoms with Gasteiger partial charge in [-0.15, -0.1) is 0 Å². The summed E-state index contributed by atoms with van der Waals surface area (Å²) < 4.78 is 28.0. The van der Waals surface area contributed by atoms with Crippen LogP contribution in [0.5, 0.6) is 0 Å². The van der Waals surface area contributed by atoms with E-state index in [2.05, 4.69) is 23.4 Å². The summed E-state index contributed by atoms with van der Waals surface area (Å²) in [4.78, 5) is 4.97. The van der Waals surface area contributed by atoms with E-state index in [1.54, 1.807) is 38.0 Å². The van der Waals surface area contributed by atoms with E-state index in [1.165, 1.54) is 4.31 Å². The molecule has 0 aliphatic heterocycles. The van der Waals surface area contributed by atoms with E-state index in [1.807, 2.05) is 6.07 Å². The molecule has 1 aromatic carbocycles. The predicted octanol–water partition coefficient (Wildman–Crippen LogP) is 3.59. The first-order chi connectivity index (χ1) is 10.9. The highest BCUT2D eigenvalue weighted by molar-refractivity contribution is 7.99. The number of sulfonamides is 1. The zero-order valence-electron chi connectivity index (χ0n) is 14.2. The maximum absolute atomic E-state index is 12.3. The average molecular weight is 356 g/mol. The lowest BCUT2D eigenvalue weighted by atomic mass is 10.3. The summed E-state index contributed by atoms with van der Waals surface area (Å²) in [5, 5.41) is 0.981. The molecule has 1 aromatic heterocycles. The van der Waals surface area contributed by atoms with Crippen LogP contribution in [-0.4, -0.2) is 42.1 Å². The van der Waals surface area contributed by atoms with Crippen LogP contribution in [0.1, 0.15) is 33.1 Å². The fourth-order valence-electron chi connectivity index (χ4n) is 2.29. The van der Waals surface area contributed by atoms with Crippen LogP contribution in [0.4, 0.5) is 0 Å². The van der Waals surface area contributed by atoms with Crippen LogP contribution in [0.25, 0.3) is 11.0 Å². The number of thioether (sulfide) groups is 1. The van der Waals surface area contributed by atoms with Crippen LogP contribution in [0.3, 0.4) is 0 Å². The number of rotatable bonds is 8. The first-order valence-corrected chi connectivity index (χ1v) is 10.4. The number of aromatic nitrogens is 2. The molecule has 0 saturated heterocycles. The number of hydrogen-bond donors (Lipinski definition) is 0. The number of nitrogens with zero attached hydrogens (tertiary/aromatic N) is 3. The van der Waals surface area contributed by atoms with Crippen molar-refractivity contribution in [2.24, 2.45) is 0 Å². The van der Waals surface area contributed by atoms with Gasteiger partial charge < -0.3 is 4.57 Å². The molecular formula is C16H25N3O2S2. The monoisotopic (exact) mass is 355 g/mol. The molecule has 0 bridgehead atoms. The van der Waals surface area contributed by atoms with Crippen LogP contribution in [0.15, 0.2) is 28.3 Å². The zero-order valence-corrected chi connectivity index (χ0v) is 15.9. The maximum atomic E-state index is 12.3. The van der Waals surface area contributed by atoms with Crippen LogP contribution in [0, 0.1) is 0 Å². The van der Waals surface area contributed by atoms with Gasteiger partial charge in [-0.1, -0.05) is 32.0 Å². The van der Waals surface area contributed by atoms with Crippen LogP contribution in [0.2, 0.25) is 0 Å². The van der Waals surface area contributed by atoms with Gasteiger partial charge in [0.05, 0.1) is 15.9 Å². The van der Waals surface area contributed by atoms with Gasteiger partial charge in [-0.25, -0.2) is 17.7 Å². The minimum Gasteiger partial charge on any atom is -0.319 e. The normalized spacial score (nSPS) is 12.4. The van der Waals surface area contributed by atoms with E-state index in [0.717, 1.165) is 47.7 Å². The van der Waals surface area contributed by atoms with E-state index in [-0.39, 0.29) is 0 Å². The topological polar surface area (TPSA) is 55.2 Å². The minimum atomic E-state index is -3.43. The van der Waals surface area contributed by atoms with Crippen molar-refractivity contribution in [1.82, 2.24) is 13.9 Å². The molecule has 7 heteroatoms. The predicted molar refractivity (Wildman–Crippen MR) is 96.5 cm³/mol. The highest BCUT2D eigenvalue weighted by Crippen LogP contribution is 2.27. The van der Waals surface area contributed by atoms with Crippen molar-refractivity contribution < 1.29 is 8.42 Å². The molecule has 23 heavy (non-hydrogen) atoms. The van der Waals surface area contributed by atoms with Gasteiger partial charge in [0.15, 0.2) is 5.16 Å². The third-order valence-corrected chi connectivity index (χ3v) is 6.63. The molecule has 0 amide bonds. The molecule has 2 rings (SSSR count). The molecule has 0 aliphatic rings. The van der Waals surface area contributed by atoms with Crippen LogP contribution in [-0.2, 0) is 16.6 Å².